The van der Waals surface area contributed by atoms with Crippen LogP contribution in [-0.2, 0) is 0 Å². The summed E-state index contributed by atoms with van der Waals surface area (Å²) < 4.78 is 0. The van der Waals surface area contributed by atoms with Crippen LogP contribution in [0.2, 0.25) is 0 Å². The Balaban J connectivity index is 0.00000243. The third-order valence-corrected chi connectivity index (χ3v) is 5.07. The van der Waals surface area contributed by atoms with Crippen LogP contribution in [0.3, 0.4) is 0 Å². The number of aliphatic imine (C=N–C) groups is 1. The van der Waals surface area contributed by atoms with Gasteiger partial charge in [0.05, 0.1) is 6.04 Å². The van der Waals surface area contributed by atoms with Gasteiger partial charge in [-0.05, 0) is 37.8 Å². The lowest BCUT2D eigenvalue weighted by Gasteiger charge is -2.26. The summed E-state index contributed by atoms with van der Waals surface area (Å²) in [5.41, 5.74) is 6.38. The number of hydrazine groups is 1. The quantitative estimate of drug-likeness (QED) is 0.427. The van der Waals surface area contributed by atoms with Gasteiger partial charge in [-0.2, -0.15) is 0 Å². The van der Waals surface area contributed by atoms with Crippen LogP contribution in [0.1, 0.15) is 74.6 Å². The number of nitrogens with zero attached hydrogens (tertiary/aromatic N) is 2. The monoisotopic (exact) mass is 379 g/mol. The van der Waals surface area contributed by atoms with E-state index < -0.39 is 0 Å². The molecule has 0 atom stereocenters. The third-order valence-electron chi connectivity index (χ3n) is 5.07. The number of rotatable bonds is 3. The molecule has 1 amide bonds. The average molecular weight is 380 g/mol. The Morgan fingerprint density at radius 1 is 0.923 bits per heavy atom. The van der Waals surface area contributed by atoms with Crippen LogP contribution < -0.4 is 16.2 Å². The number of nitrogens with one attached hydrogen (secondary N) is 3. The number of pyridine rings is 1. The van der Waals surface area contributed by atoms with Crippen molar-refractivity contribution in [1.82, 2.24) is 21.2 Å². The van der Waals surface area contributed by atoms with Crippen LogP contribution in [0, 0.1) is 0 Å². The first-order chi connectivity index (χ1) is 12.3. The summed E-state index contributed by atoms with van der Waals surface area (Å²) in [6, 6.07) is 4.19. The molecule has 2 fully saturated rings. The number of aromatic nitrogens is 1. The Kier molecular flexibility index (Phi) is 8.68. The van der Waals surface area contributed by atoms with E-state index in [1.54, 1.807) is 24.5 Å². The molecule has 0 aliphatic heterocycles. The van der Waals surface area contributed by atoms with Gasteiger partial charge in [-0.15, -0.1) is 12.4 Å². The van der Waals surface area contributed by atoms with Gasteiger partial charge in [0.2, 0.25) is 5.96 Å². The Bertz CT molecular complexity index is 569. The van der Waals surface area contributed by atoms with Crippen molar-refractivity contribution >= 4 is 24.3 Å². The SMILES string of the molecule is Cl.O=C(NNC(=NC1CCCCC1)NC1CCCCC1)c1ccncc1. The molecule has 26 heavy (non-hydrogen) atoms. The molecule has 0 saturated heterocycles. The second kappa shape index (κ2) is 11.0. The van der Waals surface area contributed by atoms with Crippen molar-refractivity contribution in [2.24, 2.45) is 4.99 Å². The zero-order chi connectivity index (χ0) is 17.3. The number of carbonyl (C=O) groups excluding carboxylic acids is 1. The van der Waals surface area contributed by atoms with Crippen molar-refractivity contribution < 1.29 is 4.79 Å². The van der Waals surface area contributed by atoms with Crippen molar-refractivity contribution in [2.75, 3.05) is 0 Å². The molecule has 2 saturated carbocycles. The van der Waals surface area contributed by atoms with Gasteiger partial charge in [-0.3, -0.25) is 20.6 Å². The lowest BCUT2D eigenvalue weighted by atomic mass is 9.95. The topological polar surface area (TPSA) is 78.4 Å². The maximum absolute atomic E-state index is 12.2. The second-order valence-corrected chi connectivity index (χ2v) is 7.06. The van der Waals surface area contributed by atoms with E-state index in [1.807, 2.05) is 0 Å². The highest BCUT2D eigenvalue weighted by atomic mass is 35.5. The average Bonchev–Trinajstić information content (AvgIpc) is 2.68. The first-order valence-corrected chi connectivity index (χ1v) is 9.62. The van der Waals surface area contributed by atoms with Gasteiger partial charge in [0.25, 0.3) is 5.91 Å². The maximum Gasteiger partial charge on any atom is 0.269 e. The first-order valence-electron chi connectivity index (χ1n) is 9.62. The van der Waals surface area contributed by atoms with Gasteiger partial charge >= 0.3 is 0 Å². The lowest BCUT2D eigenvalue weighted by molar-refractivity contribution is 0.0942. The molecule has 1 aromatic heterocycles. The van der Waals surface area contributed by atoms with Crippen LogP contribution in [0.15, 0.2) is 29.5 Å². The standard InChI is InChI=1S/C19H29N5O.ClH/c25-18(15-11-13-20-14-12-15)23-24-19(21-16-7-3-1-4-8-16)22-17-9-5-2-6-10-17;/h11-14,16-17H,1-10H2,(H,23,25)(H2,21,22,24);1H. The van der Waals surface area contributed by atoms with Crippen molar-refractivity contribution in [3.63, 3.8) is 0 Å². The zero-order valence-corrected chi connectivity index (χ0v) is 16.1. The van der Waals surface area contributed by atoms with Gasteiger partial charge in [-0.1, -0.05) is 38.5 Å². The van der Waals surface area contributed by atoms with Crippen molar-refractivity contribution in [3.05, 3.63) is 30.1 Å². The molecule has 3 rings (SSSR count). The Morgan fingerprint density at radius 2 is 1.54 bits per heavy atom. The lowest BCUT2D eigenvalue weighted by Crippen LogP contribution is -2.51. The molecule has 1 aromatic rings. The van der Waals surface area contributed by atoms with E-state index in [4.69, 9.17) is 4.99 Å². The molecule has 0 radical (unpaired) electrons. The molecular formula is C19H30ClN5O. The highest BCUT2D eigenvalue weighted by Gasteiger charge is 2.18. The fourth-order valence-corrected chi connectivity index (χ4v) is 3.63. The van der Waals surface area contributed by atoms with Gasteiger partial charge < -0.3 is 5.32 Å². The number of carbonyl (C=O) groups is 1. The molecule has 2 aliphatic rings. The summed E-state index contributed by atoms with van der Waals surface area (Å²) in [4.78, 5) is 21.1. The molecule has 144 valence electrons. The van der Waals surface area contributed by atoms with Crippen LogP contribution >= 0.6 is 12.4 Å². The number of guanidine groups is 1. The van der Waals surface area contributed by atoms with E-state index in [1.165, 1.54) is 51.4 Å². The molecule has 6 nitrogen and oxygen atoms in total. The summed E-state index contributed by atoms with van der Waals surface area (Å²) in [7, 11) is 0. The van der Waals surface area contributed by atoms with Crippen LogP contribution in [0.4, 0.5) is 0 Å². The van der Waals surface area contributed by atoms with Gasteiger partial charge in [0, 0.05) is 24.0 Å². The molecular weight excluding hydrogens is 350 g/mol. The fraction of sp³-hybridized carbons (Fsp3) is 0.632. The third kappa shape index (κ3) is 6.48. The first kappa shape index (κ1) is 20.5. The molecule has 7 heteroatoms. The molecule has 0 unspecified atom stereocenters. The van der Waals surface area contributed by atoms with E-state index in [2.05, 4.69) is 21.2 Å². The minimum absolute atomic E-state index is 0. The van der Waals surface area contributed by atoms with E-state index >= 15 is 0 Å². The smallest absolute Gasteiger partial charge is 0.269 e. The highest BCUT2D eigenvalue weighted by Crippen LogP contribution is 2.21. The molecule has 0 aromatic carbocycles. The zero-order valence-electron chi connectivity index (χ0n) is 15.2. The van der Waals surface area contributed by atoms with Crippen molar-refractivity contribution in [2.45, 2.75) is 76.3 Å². The van der Waals surface area contributed by atoms with Crippen LogP contribution in [0.25, 0.3) is 0 Å². The van der Waals surface area contributed by atoms with E-state index in [-0.39, 0.29) is 18.3 Å². The number of hydrogen-bond acceptors (Lipinski definition) is 3. The normalized spacial score (nSPS) is 19.3. The van der Waals surface area contributed by atoms with Crippen LogP contribution in [0.5, 0.6) is 0 Å². The minimum atomic E-state index is -0.177. The van der Waals surface area contributed by atoms with Crippen molar-refractivity contribution in [1.29, 1.82) is 0 Å². The number of hydrogen-bond donors (Lipinski definition) is 3. The molecule has 0 bridgehead atoms. The van der Waals surface area contributed by atoms with Gasteiger partial charge in [-0.25, -0.2) is 4.99 Å². The van der Waals surface area contributed by atoms with E-state index in [0.717, 1.165) is 12.8 Å². The summed E-state index contributed by atoms with van der Waals surface area (Å²) in [6.07, 6.45) is 15.5. The molecule has 2 aliphatic carbocycles. The fourth-order valence-electron chi connectivity index (χ4n) is 3.63. The molecule has 3 N–H and O–H groups in total. The molecule has 1 heterocycles. The maximum atomic E-state index is 12.2. The summed E-state index contributed by atoms with van der Waals surface area (Å²) in [5, 5.41) is 3.52. The predicted octanol–water partition coefficient (Wildman–Crippen LogP) is 3.35. The Morgan fingerprint density at radius 3 is 2.19 bits per heavy atom. The molecule has 0 spiro atoms. The predicted molar refractivity (Wildman–Crippen MR) is 106 cm³/mol. The Hall–Kier alpha value is -1.82. The van der Waals surface area contributed by atoms with Gasteiger partial charge in [0.1, 0.15) is 0 Å². The summed E-state index contributed by atoms with van der Waals surface area (Å²) in [5.74, 6) is 0.533. The van der Waals surface area contributed by atoms with E-state index in [9.17, 15) is 4.79 Å². The minimum Gasteiger partial charge on any atom is -0.352 e. The summed E-state index contributed by atoms with van der Waals surface area (Å²) in [6.45, 7) is 0. The van der Waals surface area contributed by atoms with Crippen LogP contribution in [-0.4, -0.2) is 28.9 Å². The largest absolute Gasteiger partial charge is 0.352 e. The number of halogens is 1. The summed E-state index contributed by atoms with van der Waals surface area (Å²) >= 11 is 0. The van der Waals surface area contributed by atoms with Gasteiger partial charge in [0.15, 0.2) is 0 Å². The van der Waals surface area contributed by atoms with Crippen molar-refractivity contribution in [3.8, 4) is 0 Å². The second-order valence-electron chi connectivity index (χ2n) is 7.06. The number of amides is 1. The van der Waals surface area contributed by atoms with E-state index in [0.29, 0.717) is 23.6 Å². The highest BCUT2D eigenvalue weighted by molar-refractivity contribution is 5.95. The Labute approximate surface area is 162 Å².